The molecule has 0 aliphatic heterocycles. The maximum Gasteiger partial charge on any atom is 0.543 e. The number of unbranched alkanes of at least 4 members (excludes halogenated alkanes) is 1. The summed E-state index contributed by atoms with van der Waals surface area (Å²) in [5.41, 5.74) is 1.47. The zero-order valence-corrected chi connectivity index (χ0v) is 14.9. The number of hydrogen-bond donors (Lipinski definition) is 0. The Morgan fingerprint density at radius 1 is 1.08 bits per heavy atom. The normalized spacial score (nSPS) is 19.9. The molecular weight excluding hydrogens is 324 g/mol. The lowest BCUT2D eigenvalue weighted by Gasteiger charge is -2.27. The van der Waals surface area contributed by atoms with Crippen LogP contribution in [-0.4, -0.2) is 18.2 Å². The number of carbonyl (C=O) groups is 2. The molecule has 1 aliphatic carbocycles. The van der Waals surface area contributed by atoms with Crippen LogP contribution in [0.25, 0.3) is 0 Å². The highest BCUT2D eigenvalue weighted by Crippen LogP contribution is 2.26. The highest BCUT2D eigenvalue weighted by molar-refractivity contribution is 5.88. The van der Waals surface area contributed by atoms with Crippen LogP contribution in [0.15, 0.2) is 24.3 Å². The van der Waals surface area contributed by atoms with E-state index in [1.54, 1.807) is 12.1 Å². The van der Waals surface area contributed by atoms with Crippen LogP contribution in [0.1, 0.15) is 68.3 Å². The van der Waals surface area contributed by atoms with Crippen LogP contribution in [0.4, 0.5) is 4.79 Å². The van der Waals surface area contributed by atoms with Crippen molar-refractivity contribution in [1.29, 1.82) is 0 Å². The first kappa shape index (κ1) is 19.2. The molecule has 2 unspecified atom stereocenters. The second-order valence-corrected chi connectivity index (χ2v) is 6.49. The third-order valence-corrected chi connectivity index (χ3v) is 4.50. The van der Waals surface area contributed by atoms with Gasteiger partial charge in [-0.1, -0.05) is 38.8 Å². The van der Waals surface area contributed by atoms with Crippen LogP contribution in [0.2, 0.25) is 0 Å². The van der Waals surface area contributed by atoms with Gasteiger partial charge >= 0.3 is 12.1 Å². The molecule has 25 heavy (non-hydrogen) atoms. The molecule has 6 nitrogen and oxygen atoms in total. The summed E-state index contributed by atoms with van der Waals surface area (Å²) in [5.74, 6) is -0.448. The minimum atomic E-state index is -0.999. The quantitative estimate of drug-likeness (QED) is 0.401. The van der Waals surface area contributed by atoms with E-state index in [9.17, 15) is 9.59 Å². The molecule has 1 saturated carbocycles. The van der Waals surface area contributed by atoms with Crippen molar-refractivity contribution in [3.63, 3.8) is 0 Å². The Balaban J connectivity index is 1.69. The van der Waals surface area contributed by atoms with Crippen LogP contribution in [0.3, 0.4) is 0 Å². The van der Waals surface area contributed by atoms with E-state index in [0.717, 1.165) is 50.5 Å². The molecule has 138 valence electrons. The number of benzene rings is 1. The Hall–Kier alpha value is -2.08. The van der Waals surface area contributed by atoms with Crippen molar-refractivity contribution in [1.82, 2.24) is 0 Å². The Morgan fingerprint density at radius 3 is 2.48 bits per heavy atom. The van der Waals surface area contributed by atoms with Gasteiger partial charge in [0.1, 0.15) is 6.10 Å². The second-order valence-electron chi connectivity index (χ2n) is 6.49. The Labute approximate surface area is 148 Å². The monoisotopic (exact) mass is 350 g/mol. The van der Waals surface area contributed by atoms with Crippen molar-refractivity contribution >= 4 is 12.1 Å². The predicted molar refractivity (Wildman–Crippen MR) is 90.5 cm³/mol. The Morgan fingerprint density at radius 2 is 1.80 bits per heavy atom. The summed E-state index contributed by atoms with van der Waals surface area (Å²) >= 11 is 0. The average Bonchev–Trinajstić information content (AvgIpc) is 2.62. The predicted octanol–water partition coefficient (Wildman–Crippen LogP) is 4.76. The van der Waals surface area contributed by atoms with Crippen LogP contribution >= 0.6 is 0 Å². The maximum absolute atomic E-state index is 11.8. The Kier molecular flexibility index (Phi) is 7.73. The van der Waals surface area contributed by atoms with Gasteiger partial charge in [-0.15, -0.1) is 0 Å². The van der Waals surface area contributed by atoms with Gasteiger partial charge in [-0.3, -0.25) is 4.89 Å². The summed E-state index contributed by atoms with van der Waals surface area (Å²) in [6.07, 6.45) is 5.98. The summed E-state index contributed by atoms with van der Waals surface area (Å²) in [5, 5.41) is 4.26. The van der Waals surface area contributed by atoms with E-state index in [-0.39, 0.29) is 12.0 Å². The van der Waals surface area contributed by atoms with Gasteiger partial charge in [-0.2, -0.15) is 0 Å². The summed E-state index contributed by atoms with van der Waals surface area (Å²) in [4.78, 5) is 32.2. The van der Waals surface area contributed by atoms with E-state index >= 15 is 0 Å². The van der Waals surface area contributed by atoms with Gasteiger partial charge in [0.15, 0.2) is 0 Å². The van der Waals surface area contributed by atoms with Gasteiger partial charge in [-0.25, -0.2) is 14.5 Å². The van der Waals surface area contributed by atoms with Crippen molar-refractivity contribution in [2.45, 2.75) is 64.9 Å². The van der Waals surface area contributed by atoms with Crippen molar-refractivity contribution in [2.75, 3.05) is 0 Å². The van der Waals surface area contributed by atoms with E-state index in [1.807, 2.05) is 19.1 Å². The second kappa shape index (κ2) is 10.0. The molecule has 0 radical (unpaired) electrons. The van der Waals surface area contributed by atoms with Gasteiger partial charge in [0, 0.05) is 0 Å². The highest BCUT2D eigenvalue weighted by Gasteiger charge is 2.26. The third kappa shape index (κ3) is 6.38. The zero-order valence-electron chi connectivity index (χ0n) is 14.9. The molecule has 0 N–H and O–H groups in total. The molecule has 0 saturated heterocycles. The van der Waals surface area contributed by atoms with Crippen molar-refractivity contribution < 1.29 is 29.1 Å². The summed E-state index contributed by atoms with van der Waals surface area (Å²) in [6, 6.07) is 7.04. The number of carbonyl (C=O) groups excluding carboxylic acids is 2. The fourth-order valence-electron chi connectivity index (χ4n) is 2.91. The first-order valence-corrected chi connectivity index (χ1v) is 8.95. The van der Waals surface area contributed by atoms with Gasteiger partial charge in [0.25, 0.3) is 0 Å². The van der Waals surface area contributed by atoms with E-state index in [1.165, 1.54) is 0 Å². The molecule has 0 bridgehead atoms. The Bertz CT molecular complexity index is 554. The molecule has 0 spiro atoms. The SMILES string of the molecule is CCCCc1ccc(C(=O)OOOC(=O)OC2CCCCC2C)cc1. The van der Waals surface area contributed by atoms with Gasteiger partial charge in [0.2, 0.25) is 0 Å². The minimum Gasteiger partial charge on any atom is -0.429 e. The molecule has 1 fully saturated rings. The lowest BCUT2D eigenvalue weighted by atomic mass is 9.88. The first-order valence-electron chi connectivity index (χ1n) is 8.95. The summed E-state index contributed by atoms with van der Waals surface area (Å²) in [6.45, 7) is 4.16. The molecule has 6 heteroatoms. The van der Waals surface area contributed by atoms with Crippen LogP contribution in [-0.2, 0) is 26.0 Å². The smallest absolute Gasteiger partial charge is 0.429 e. The van der Waals surface area contributed by atoms with Gasteiger partial charge in [0.05, 0.1) is 10.6 Å². The molecule has 0 amide bonds. The summed E-state index contributed by atoms with van der Waals surface area (Å²) in [7, 11) is 0. The lowest BCUT2D eigenvalue weighted by Crippen LogP contribution is -2.28. The number of rotatable bonds is 7. The maximum atomic E-state index is 11.8. The molecule has 0 heterocycles. The van der Waals surface area contributed by atoms with E-state index in [2.05, 4.69) is 21.7 Å². The molecular formula is C19H26O6. The molecule has 0 aromatic heterocycles. The van der Waals surface area contributed by atoms with Crippen LogP contribution < -0.4 is 0 Å². The standard InChI is InChI=1S/C19H26O6/c1-3-4-8-15-10-12-16(13-11-15)18(20)23-25-24-19(21)22-17-9-6-5-7-14(17)2/h10-14,17H,3-9H2,1-2H3. The number of aryl methyl sites for hydroxylation is 1. The van der Waals surface area contributed by atoms with Crippen LogP contribution in [0.5, 0.6) is 0 Å². The zero-order chi connectivity index (χ0) is 18.1. The van der Waals surface area contributed by atoms with Crippen molar-refractivity contribution in [3.8, 4) is 0 Å². The molecule has 1 aliphatic rings. The van der Waals surface area contributed by atoms with E-state index in [0.29, 0.717) is 5.56 Å². The van der Waals surface area contributed by atoms with E-state index in [4.69, 9.17) is 4.74 Å². The average molecular weight is 350 g/mol. The number of ether oxygens (including phenoxy) is 1. The summed E-state index contributed by atoms with van der Waals surface area (Å²) < 4.78 is 5.17. The molecule has 1 aromatic rings. The van der Waals surface area contributed by atoms with Crippen molar-refractivity contribution in [3.05, 3.63) is 35.4 Å². The van der Waals surface area contributed by atoms with Crippen LogP contribution in [0, 0.1) is 5.92 Å². The van der Waals surface area contributed by atoms with E-state index < -0.39 is 12.1 Å². The lowest BCUT2D eigenvalue weighted by molar-refractivity contribution is -0.453. The fraction of sp³-hybridized carbons (Fsp3) is 0.579. The first-order chi connectivity index (χ1) is 12.1. The number of hydrogen-bond acceptors (Lipinski definition) is 6. The highest BCUT2D eigenvalue weighted by atomic mass is 17.5. The molecule has 1 aromatic carbocycles. The van der Waals surface area contributed by atoms with Crippen molar-refractivity contribution in [2.24, 2.45) is 5.92 Å². The van der Waals surface area contributed by atoms with Gasteiger partial charge in [-0.05, 0) is 55.7 Å². The molecule has 2 rings (SSSR count). The fourth-order valence-corrected chi connectivity index (χ4v) is 2.91. The van der Waals surface area contributed by atoms with Gasteiger partial charge < -0.3 is 4.74 Å². The topological polar surface area (TPSA) is 71.1 Å². The third-order valence-electron chi connectivity index (χ3n) is 4.50. The minimum absolute atomic E-state index is 0.184. The largest absolute Gasteiger partial charge is 0.543 e. The molecule has 2 atom stereocenters.